The van der Waals surface area contributed by atoms with Gasteiger partial charge in [0.25, 0.3) is 10.0 Å². The third kappa shape index (κ3) is 6.74. The topological polar surface area (TPSA) is 86.8 Å². The lowest BCUT2D eigenvalue weighted by Gasteiger charge is -2.33. The molecule has 0 aliphatic rings. The Morgan fingerprint density at radius 3 is 2.11 bits per heavy atom. The Bertz CT molecular complexity index is 1390. The number of hydrogen-bond acceptors (Lipinski definition) is 4. The minimum atomic E-state index is -4.11. The number of carbonyl (C=O) groups is 2. The van der Waals surface area contributed by atoms with E-state index in [2.05, 4.69) is 5.32 Å². The summed E-state index contributed by atoms with van der Waals surface area (Å²) < 4.78 is 29.1. The zero-order valence-electron chi connectivity index (χ0n) is 22.4. The number of benzene rings is 3. The first kappa shape index (κ1) is 29.2. The van der Waals surface area contributed by atoms with Crippen molar-refractivity contribution in [2.45, 2.75) is 51.6 Å². The fraction of sp³-hybridized carbons (Fsp3) is 0.310. The molecule has 3 aromatic carbocycles. The maximum Gasteiger partial charge on any atom is 0.264 e. The van der Waals surface area contributed by atoms with Crippen molar-refractivity contribution in [1.29, 1.82) is 0 Å². The molecule has 3 aromatic rings. The van der Waals surface area contributed by atoms with Crippen LogP contribution >= 0.6 is 11.6 Å². The molecular weight excluding hydrogens is 522 g/mol. The van der Waals surface area contributed by atoms with E-state index in [0.29, 0.717) is 22.7 Å². The molecule has 3 rings (SSSR count). The van der Waals surface area contributed by atoms with E-state index < -0.39 is 28.5 Å². The van der Waals surface area contributed by atoms with Crippen LogP contribution in [0.4, 0.5) is 5.69 Å². The van der Waals surface area contributed by atoms with Gasteiger partial charge in [-0.3, -0.25) is 13.9 Å². The molecule has 38 heavy (non-hydrogen) atoms. The van der Waals surface area contributed by atoms with Gasteiger partial charge in [-0.1, -0.05) is 60.5 Å². The van der Waals surface area contributed by atoms with Crippen LogP contribution in [0.15, 0.2) is 71.6 Å². The van der Waals surface area contributed by atoms with Crippen LogP contribution in [0, 0.1) is 20.8 Å². The second-order valence-electron chi connectivity index (χ2n) is 9.30. The van der Waals surface area contributed by atoms with Crippen molar-refractivity contribution in [1.82, 2.24) is 10.2 Å². The van der Waals surface area contributed by atoms with Gasteiger partial charge in [-0.25, -0.2) is 8.42 Å². The van der Waals surface area contributed by atoms with Gasteiger partial charge in [-0.2, -0.15) is 0 Å². The molecule has 0 saturated carbocycles. The summed E-state index contributed by atoms with van der Waals surface area (Å²) in [6.45, 7) is 7.01. The Hall–Kier alpha value is -3.36. The maximum atomic E-state index is 14.0. The van der Waals surface area contributed by atoms with Gasteiger partial charge in [0.05, 0.1) is 10.6 Å². The third-order valence-electron chi connectivity index (χ3n) is 6.42. The molecule has 0 heterocycles. The molecule has 0 spiro atoms. The molecule has 1 N–H and O–H groups in total. The molecule has 2 amide bonds. The highest BCUT2D eigenvalue weighted by molar-refractivity contribution is 7.92. The van der Waals surface area contributed by atoms with E-state index in [1.54, 1.807) is 42.5 Å². The van der Waals surface area contributed by atoms with Gasteiger partial charge in [0, 0.05) is 18.6 Å². The van der Waals surface area contributed by atoms with Gasteiger partial charge in [-0.15, -0.1) is 0 Å². The lowest BCUT2D eigenvalue weighted by atomic mass is 10.1. The van der Waals surface area contributed by atoms with Crippen LogP contribution in [0.5, 0.6) is 0 Å². The van der Waals surface area contributed by atoms with E-state index in [-0.39, 0.29) is 17.3 Å². The fourth-order valence-corrected chi connectivity index (χ4v) is 5.81. The Labute approximate surface area is 230 Å². The molecule has 7 nitrogen and oxygen atoms in total. The van der Waals surface area contributed by atoms with Crippen LogP contribution < -0.4 is 9.62 Å². The number of anilines is 1. The van der Waals surface area contributed by atoms with Crippen LogP contribution in [0.1, 0.15) is 35.6 Å². The predicted molar refractivity (Wildman–Crippen MR) is 152 cm³/mol. The second kappa shape index (κ2) is 12.5. The summed E-state index contributed by atoms with van der Waals surface area (Å²) in [5.74, 6) is -0.818. The Kier molecular flexibility index (Phi) is 9.57. The first-order valence-electron chi connectivity index (χ1n) is 12.4. The van der Waals surface area contributed by atoms with Gasteiger partial charge in [0.1, 0.15) is 12.6 Å². The van der Waals surface area contributed by atoms with E-state index in [1.807, 2.05) is 39.8 Å². The summed E-state index contributed by atoms with van der Waals surface area (Å²) in [4.78, 5) is 28.3. The number of likely N-dealkylation sites (N-methyl/N-ethyl adjacent to an activating group) is 1. The standard InChI is InChI=1S/C29H34ClN3O4S/c1-6-26(29(35)31-5)32(18-23-11-13-24(30)14-12-23)28(34)19-33(27-17-21(3)7-10-22(27)4)38(36,37)25-15-8-20(2)9-16-25/h7-17,26H,6,18-19H2,1-5H3,(H,31,35). The van der Waals surface area contributed by atoms with Crippen molar-refractivity contribution in [3.8, 4) is 0 Å². The van der Waals surface area contributed by atoms with Crippen LogP contribution in [0.2, 0.25) is 5.02 Å². The number of aryl methyl sites for hydroxylation is 3. The molecule has 1 atom stereocenters. The largest absolute Gasteiger partial charge is 0.357 e. The lowest BCUT2D eigenvalue weighted by molar-refractivity contribution is -0.140. The summed E-state index contributed by atoms with van der Waals surface area (Å²) in [7, 11) is -2.59. The van der Waals surface area contributed by atoms with Crippen molar-refractivity contribution in [3.63, 3.8) is 0 Å². The highest BCUT2D eigenvalue weighted by atomic mass is 35.5. The van der Waals surface area contributed by atoms with Gasteiger partial charge in [0.2, 0.25) is 11.8 Å². The van der Waals surface area contributed by atoms with Crippen LogP contribution in [0.25, 0.3) is 0 Å². The SMILES string of the molecule is CCC(C(=O)NC)N(Cc1ccc(Cl)cc1)C(=O)CN(c1cc(C)ccc1C)S(=O)(=O)c1ccc(C)cc1. The highest BCUT2D eigenvalue weighted by Crippen LogP contribution is 2.29. The molecule has 0 aromatic heterocycles. The first-order chi connectivity index (χ1) is 18.0. The molecule has 0 bridgehead atoms. The second-order valence-corrected chi connectivity index (χ2v) is 11.6. The molecule has 202 valence electrons. The zero-order chi connectivity index (χ0) is 28.0. The molecule has 0 aliphatic carbocycles. The van der Waals surface area contributed by atoms with Gasteiger partial charge in [-0.05, 0) is 74.2 Å². The highest BCUT2D eigenvalue weighted by Gasteiger charge is 2.34. The molecule has 0 radical (unpaired) electrons. The number of sulfonamides is 1. The van der Waals surface area contributed by atoms with Gasteiger partial charge >= 0.3 is 0 Å². The number of amides is 2. The average molecular weight is 556 g/mol. The third-order valence-corrected chi connectivity index (χ3v) is 8.45. The van der Waals surface area contributed by atoms with E-state index in [0.717, 1.165) is 21.0 Å². The molecule has 0 fully saturated rings. The molecular formula is C29H34ClN3O4S. The minimum absolute atomic E-state index is 0.0828. The average Bonchev–Trinajstić information content (AvgIpc) is 2.89. The van der Waals surface area contributed by atoms with Crippen molar-refractivity contribution in [3.05, 3.63) is 94.0 Å². The number of carbonyl (C=O) groups excluding carboxylic acids is 2. The van der Waals surface area contributed by atoms with Crippen LogP contribution in [0.3, 0.4) is 0 Å². The van der Waals surface area contributed by atoms with Gasteiger partial charge in [0.15, 0.2) is 0 Å². The van der Waals surface area contributed by atoms with Crippen molar-refractivity contribution >= 4 is 39.1 Å². The number of nitrogens with one attached hydrogen (secondary N) is 1. The Balaban J connectivity index is 2.10. The number of rotatable bonds is 10. The number of halogens is 1. The van der Waals surface area contributed by atoms with Crippen LogP contribution in [-0.2, 0) is 26.2 Å². The van der Waals surface area contributed by atoms with E-state index >= 15 is 0 Å². The summed E-state index contributed by atoms with van der Waals surface area (Å²) in [5.41, 5.74) is 3.67. The normalized spacial score (nSPS) is 12.1. The smallest absolute Gasteiger partial charge is 0.264 e. The van der Waals surface area contributed by atoms with Crippen LogP contribution in [-0.4, -0.2) is 44.8 Å². The predicted octanol–water partition coefficient (Wildman–Crippen LogP) is 5.01. The summed E-state index contributed by atoms with van der Waals surface area (Å²) in [6.07, 6.45) is 0.354. The molecule has 0 aliphatic heterocycles. The maximum absolute atomic E-state index is 14.0. The van der Waals surface area contributed by atoms with E-state index in [9.17, 15) is 18.0 Å². The molecule has 0 saturated heterocycles. The molecule has 9 heteroatoms. The first-order valence-corrected chi connectivity index (χ1v) is 14.2. The summed E-state index contributed by atoms with van der Waals surface area (Å²) in [6, 6.07) is 18.2. The number of hydrogen-bond donors (Lipinski definition) is 1. The van der Waals surface area contributed by atoms with Crippen molar-refractivity contribution in [2.24, 2.45) is 0 Å². The van der Waals surface area contributed by atoms with Crippen molar-refractivity contribution in [2.75, 3.05) is 17.9 Å². The Morgan fingerprint density at radius 2 is 1.53 bits per heavy atom. The quantitative estimate of drug-likeness (QED) is 0.381. The lowest BCUT2D eigenvalue weighted by Crippen LogP contribution is -2.51. The number of nitrogens with zero attached hydrogens (tertiary/aromatic N) is 2. The van der Waals surface area contributed by atoms with Gasteiger partial charge < -0.3 is 10.2 Å². The van der Waals surface area contributed by atoms with E-state index in [1.165, 1.54) is 24.1 Å². The van der Waals surface area contributed by atoms with E-state index in [4.69, 9.17) is 11.6 Å². The fourth-order valence-electron chi connectivity index (χ4n) is 4.21. The Morgan fingerprint density at radius 1 is 0.921 bits per heavy atom. The van der Waals surface area contributed by atoms with Crippen molar-refractivity contribution < 1.29 is 18.0 Å². The zero-order valence-corrected chi connectivity index (χ0v) is 23.9. The summed E-state index contributed by atoms with van der Waals surface area (Å²) in [5, 5.41) is 3.17. The summed E-state index contributed by atoms with van der Waals surface area (Å²) >= 11 is 6.04. The molecule has 1 unspecified atom stereocenters. The minimum Gasteiger partial charge on any atom is -0.357 e. The monoisotopic (exact) mass is 555 g/mol.